The van der Waals surface area contributed by atoms with Crippen LogP contribution in [-0.2, 0) is 4.79 Å². The van der Waals surface area contributed by atoms with Gasteiger partial charge in [-0.05, 0) is 57.2 Å². The number of fused-ring (bicyclic) bond motifs is 1. The Morgan fingerprint density at radius 1 is 1.15 bits per heavy atom. The maximum absolute atomic E-state index is 13.0. The van der Waals surface area contributed by atoms with E-state index in [2.05, 4.69) is 22.5 Å². The lowest BCUT2D eigenvalue weighted by Gasteiger charge is -2.34. The maximum Gasteiger partial charge on any atom is 0.223 e. The first kappa shape index (κ1) is 22.1. The van der Waals surface area contributed by atoms with E-state index in [1.54, 1.807) is 18.4 Å². The summed E-state index contributed by atoms with van der Waals surface area (Å²) in [4.78, 5) is 26.6. The predicted octanol–water partition coefficient (Wildman–Crippen LogP) is 5.37. The second-order valence-corrected chi connectivity index (χ2v) is 10.4. The molecule has 2 aliphatic rings. The van der Waals surface area contributed by atoms with Gasteiger partial charge < -0.3 is 15.0 Å². The summed E-state index contributed by atoms with van der Waals surface area (Å²) in [6, 6.07) is 7.86. The SMILES string of the molecule is COc1ccc([C@H](C)NC(=O)C2CCN(c3nc(C4CCC4)nc4csc(C)c34)CC2)cc1. The Morgan fingerprint density at radius 3 is 2.52 bits per heavy atom. The lowest BCUT2D eigenvalue weighted by molar-refractivity contribution is -0.126. The first-order valence-electron chi connectivity index (χ1n) is 12.0. The summed E-state index contributed by atoms with van der Waals surface area (Å²) in [7, 11) is 1.66. The molecule has 1 saturated carbocycles. The molecule has 3 heterocycles. The molecule has 2 fully saturated rings. The van der Waals surface area contributed by atoms with Crippen molar-refractivity contribution in [2.75, 3.05) is 25.1 Å². The predicted molar refractivity (Wildman–Crippen MR) is 133 cm³/mol. The number of nitrogens with zero attached hydrogens (tertiary/aromatic N) is 3. The number of methoxy groups -OCH3 is 1. The van der Waals surface area contributed by atoms with Crippen molar-refractivity contribution in [1.29, 1.82) is 0 Å². The number of rotatable bonds is 6. The van der Waals surface area contributed by atoms with E-state index in [1.165, 1.54) is 29.5 Å². The van der Waals surface area contributed by atoms with Gasteiger partial charge in [-0.2, -0.15) is 0 Å². The van der Waals surface area contributed by atoms with Gasteiger partial charge in [-0.15, -0.1) is 11.3 Å². The third-order valence-corrected chi connectivity index (χ3v) is 8.14. The number of piperidine rings is 1. The van der Waals surface area contributed by atoms with Crippen LogP contribution in [0.25, 0.3) is 10.9 Å². The summed E-state index contributed by atoms with van der Waals surface area (Å²) in [5.74, 6) is 3.60. The van der Waals surface area contributed by atoms with E-state index in [4.69, 9.17) is 14.7 Å². The number of aromatic nitrogens is 2. The average molecular weight is 465 g/mol. The van der Waals surface area contributed by atoms with Crippen LogP contribution in [0.4, 0.5) is 5.82 Å². The zero-order valence-electron chi connectivity index (χ0n) is 19.6. The van der Waals surface area contributed by atoms with Crippen LogP contribution < -0.4 is 15.0 Å². The third-order valence-electron chi connectivity index (χ3n) is 7.24. The molecule has 1 N–H and O–H groups in total. The van der Waals surface area contributed by atoms with E-state index in [1.807, 2.05) is 31.2 Å². The van der Waals surface area contributed by atoms with Crippen LogP contribution in [0.5, 0.6) is 5.75 Å². The van der Waals surface area contributed by atoms with Gasteiger partial charge in [0.1, 0.15) is 17.4 Å². The molecule has 174 valence electrons. The van der Waals surface area contributed by atoms with Crippen molar-refractivity contribution in [2.24, 2.45) is 5.92 Å². The first-order valence-corrected chi connectivity index (χ1v) is 12.9. The fourth-order valence-corrected chi connectivity index (χ4v) is 5.62. The van der Waals surface area contributed by atoms with E-state index in [0.717, 1.165) is 54.4 Å². The van der Waals surface area contributed by atoms with Gasteiger partial charge in [-0.3, -0.25) is 4.79 Å². The molecular formula is C26H32N4O2S. The van der Waals surface area contributed by atoms with Gasteiger partial charge in [-0.1, -0.05) is 18.6 Å². The number of amides is 1. The molecule has 5 rings (SSSR count). The highest BCUT2D eigenvalue weighted by molar-refractivity contribution is 7.11. The van der Waals surface area contributed by atoms with Gasteiger partial charge in [0.25, 0.3) is 0 Å². The Balaban J connectivity index is 1.25. The van der Waals surface area contributed by atoms with Crippen LogP contribution in [0.3, 0.4) is 0 Å². The Kier molecular flexibility index (Phi) is 6.23. The number of hydrogen-bond acceptors (Lipinski definition) is 6. The van der Waals surface area contributed by atoms with Crippen LogP contribution in [0.15, 0.2) is 29.6 Å². The van der Waals surface area contributed by atoms with Crippen molar-refractivity contribution < 1.29 is 9.53 Å². The summed E-state index contributed by atoms with van der Waals surface area (Å²) < 4.78 is 5.23. The lowest BCUT2D eigenvalue weighted by Crippen LogP contribution is -2.41. The molecule has 0 unspecified atom stereocenters. The molecule has 7 heteroatoms. The first-order chi connectivity index (χ1) is 16.0. The average Bonchev–Trinajstić information content (AvgIpc) is 3.18. The number of nitrogens with one attached hydrogen (secondary N) is 1. The minimum absolute atomic E-state index is 0.0265. The van der Waals surface area contributed by atoms with Crippen molar-refractivity contribution in [2.45, 2.75) is 57.9 Å². The molecular weight excluding hydrogens is 432 g/mol. The fraction of sp³-hybridized carbons (Fsp3) is 0.500. The Morgan fingerprint density at radius 2 is 1.88 bits per heavy atom. The largest absolute Gasteiger partial charge is 0.497 e. The number of anilines is 1. The van der Waals surface area contributed by atoms with E-state index in [0.29, 0.717) is 5.92 Å². The summed E-state index contributed by atoms with van der Waals surface area (Å²) in [5, 5.41) is 6.57. The van der Waals surface area contributed by atoms with Gasteiger partial charge in [0, 0.05) is 35.2 Å². The standard InChI is InChI=1S/C26H32N4O2S/c1-16(18-7-9-21(32-3)10-8-18)27-26(31)20-11-13-30(14-12-20)25-23-17(2)33-15-22(23)28-24(29-25)19-5-4-6-19/h7-10,15-16,19-20H,4-6,11-14H2,1-3H3,(H,27,31)/t16-/m0/s1. The Labute approximate surface area is 199 Å². The molecule has 1 aromatic carbocycles. The van der Waals surface area contributed by atoms with E-state index < -0.39 is 0 Å². The number of carbonyl (C=O) groups excluding carboxylic acids is 1. The number of aryl methyl sites for hydroxylation is 1. The van der Waals surface area contributed by atoms with Crippen LogP contribution in [0, 0.1) is 12.8 Å². The van der Waals surface area contributed by atoms with Crippen molar-refractivity contribution in [3.05, 3.63) is 45.9 Å². The molecule has 1 amide bonds. The van der Waals surface area contributed by atoms with Crippen LogP contribution in [0.2, 0.25) is 0 Å². The number of benzene rings is 1. The number of carbonyl (C=O) groups is 1. The van der Waals surface area contributed by atoms with Crippen LogP contribution >= 0.6 is 11.3 Å². The number of hydrogen-bond donors (Lipinski definition) is 1. The topological polar surface area (TPSA) is 67.3 Å². The molecule has 0 spiro atoms. The normalized spacial score (nSPS) is 18.2. The maximum atomic E-state index is 13.0. The summed E-state index contributed by atoms with van der Waals surface area (Å²) >= 11 is 1.75. The number of ether oxygens (including phenoxy) is 1. The molecule has 1 aliphatic heterocycles. The summed E-state index contributed by atoms with van der Waals surface area (Å²) in [5.41, 5.74) is 2.17. The van der Waals surface area contributed by atoms with Crippen molar-refractivity contribution in [3.8, 4) is 5.75 Å². The van der Waals surface area contributed by atoms with Crippen LogP contribution in [-0.4, -0.2) is 36.1 Å². The molecule has 1 saturated heterocycles. The van der Waals surface area contributed by atoms with Gasteiger partial charge in [0.2, 0.25) is 5.91 Å². The lowest BCUT2D eigenvalue weighted by atomic mass is 9.85. The molecule has 6 nitrogen and oxygen atoms in total. The highest BCUT2D eigenvalue weighted by Crippen LogP contribution is 2.39. The minimum atomic E-state index is -0.0265. The van der Waals surface area contributed by atoms with Gasteiger partial charge in [0.15, 0.2) is 0 Å². The van der Waals surface area contributed by atoms with E-state index in [-0.39, 0.29) is 17.9 Å². The van der Waals surface area contributed by atoms with Crippen LogP contribution in [0.1, 0.15) is 67.3 Å². The molecule has 3 aromatic rings. The van der Waals surface area contributed by atoms with Crippen molar-refractivity contribution in [3.63, 3.8) is 0 Å². The Bertz CT molecular complexity index is 1130. The molecule has 1 aliphatic carbocycles. The summed E-state index contributed by atoms with van der Waals surface area (Å²) in [6.07, 6.45) is 5.36. The van der Waals surface area contributed by atoms with Gasteiger partial charge in [-0.25, -0.2) is 9.97 Å². The smallest absolute Gasteiger partial charge is 0.223 e. The highest BCUT2D eigenvalue weighted by atomic mass is 32.1. The van der Waals surface area contributed by atoms with Crippen molar-refractivity contribution >= 4 is 34.0 Å². The quantitative estimate of drug-likeness (QED) is 0.531. The highest BCUT2D eigenvalue weighted by Gasteiger charge is 2.30. The van der Waals surface area contributed by atoms with E-state index in [9.17, 15) is 4.79 Å². The third kappa shape index (κ3) is 4.43. The minimum Gasteiger partial charge on any atom is -0.497 e. The fourth-order valence-electron chi connectivity index (χ4n) is 4.85. The molecule has 0 radical (unpaired) electrons. The van der Waals surface area contributed by atoms with E-state index >= 15 is 0 Å². The molecule has 0 bridgehead atoms. The van der Waals surface area contributed by atoms with Crippen molar-refractivity contribution in [1.82, 2.24) is 15.3 Å². The number of thiophene rings is 1. The zero-order valence-corrected chi connectivity index (χ0v) is 20.5. The Hall–Kier alpha value is -2.67. The second kappa shape index (κ2) is 9.29. The summed E-state index contributed by atoms with van der Waals surface area (Å²) in [6.45, 7) is 5.89. The molecule has 1 atom stereocenters. The van der Waals surface area contributed by atoms with Gasteiger partial charge in [0.05, 0.1) is 24.1 Å². The van der Waals surface area contributed by atoms with Gasteiger partial charge >= 0.3 is 0 Å². The zero-order chi connectivity index (χ0) is 22.9. The molecule has 2 aromatic heterocycles. The monoisotopic (exact) mass is 464 g/mol. The molecule has 33 heavy (non-hydrogen) atoms. The second-order valence-electron chi connectivity index (χ2n) is 9.35.